The molecule has 0 fully saturated rings. The lowest BCUT2D eigenvalue weighted by atomic mass is 9.68. The summed E-state index contributed by atoms with van der Waals surface area (Å²) in [5.41, 5.74) is -6.91. The summed E-state index contributed by atoms with van der Waals surface area (Å²) in [6, 6.07) is 0. The molecule has 0 bridgehead atoms. The van der Waals surface area contributed by atoms with Crippen molar-refractivity contribution in [2.45, 2.75) is 36.8 Å². The fourth-order valence-electron chi connectivity index (χ4n) is 2.78. The van der Waals surface area contributed by atoms with Crippen molar-refractivity contribution in [3.05, 3.63) is 47.6 Å². The van der Waals surface area contributed by atoms with Crippen LogP contribution in [0, 0.1) is 5.41 Å². The maximum atomic E-state index is 13.7. The van der Waals surface area contributed by atoms with Crippen molar-refractivity contribution in [1.29, 1.82) is 0 Å². The highest BCUT2D eigenvalue weighted by Gasteiger charge is 2.73. The molecule has 10 heteroatoms. The van der Waals surface area contributed by atoms with Gasteiger partial charge in [0.2, 0.25) is 5.41 Å². The topological polar surface area (TPSA) is 80.9 Å². The molecule has 0 atom stereocenters. The zero-order valence-electron chi connectivity index (χ0n) is 12.4. The Bertz CT molecular complexity index is 606. The predicted molar refractivity (Wildman–Crippen MR) is 72.6 cm³/mol. The monoisotopic (exact) mass is 372 g/mol. The summed E-state index contributed by atoms with van der Waals surface area (Å²) in [5.74, 6) is -5.09. The average Bonchev–Trinajstić information content (AvgIpc) is 2.39. The van der Waals surface area contributed by atoms with Crippen LogP contribution in [-0.2, 0) is 0 Å². The first-order chi connectivity index (χ1) is 11.1. The molecule has 25 heavy (non-hydrogen) atoms. The molecule has 140 valence electrons. The van der Waals surface area contributed by atoms with E-state index in [2.05, 4.69) is 0 Å². The van der Waals surface area contributed by atoms with Crippen LogP contribution < -0.4 is 0 Å². The van der Waals surface area contributed by atoms with Crippen LogP contribution in [0.2, 0.25) is 0 Å². The van der Waals surface area contributed by atoms with E-state index in [1.807, 2.05) is 0 Å². The van der Waals surface area contributed by atoms with Crippen molar-refractivity contribution in [3.8, 4) is 0 Å². The first-order valence-electron chi connectivity index (χ1n) is 6.95. The summed E-state index contributed by atoms with van der Waals surface area (Å²) in [6.45, 7) is 0. The second kappa shape index (κ2) is 5.70. The van der Waals surface area contributed by atoms with E-state index in [1.165, 1.54) is 0 Å². The van der Waals surface area contributed by atoms with Crippen LogP contribution in [0.25, 0.3) is 0 Å². The number of rotatable bonds is 2. The number of halogens is 6. The van der Waals surface area contributed by atoms with Crippen molar-refractivity contribution in [3.63, 3.8) is 0 Å². The highest BCUT2D eigenvalue weighted by atomic mass is 19.4. The van der Waals surface area contributed by atoms with Crippen LogP contribution in [0.3, 0.4) is 0 Å². The molecule has 0 heterocycles. The third-order valence-electron chi connectivity index (χ3n) is 4.02. The molecule has 0 saturated carbocycles. The zero-order chi connectivity index (χ0) is 19.3. The highest BCUT2D eigenvalue weighted by molar-refractivity contribution is 5.48. The van der Waals surface area contributed by atoms with Gasteiger partial charge in [-0.15, -0.1) is 0 Å². The first kappa shape index (κ1) is 19.7. The Balaban J connectivity index is 2.69. The molecule has 0 aromatic rings. The normalized spacial score (nSPS) is 23.3. The highest BCUT2D eigenvalue weighted by Crippen LogP contribution is 2.61. The Hall–Kier alpha value is -1.62. The van der Waals surface area contributed by atoms with Gasteiger partial charge in [0.1, 0.15) is 0 Å². The molecular weight excluding hydrogens is 358 g/mol. The summed E-state index contributed by atoms with van der Waals surface area (Å²) in [5, 5.41) is 37.2. The van der Waals surface area contributed by atoms with Crippen LogP contribution >= 0.6 is 0 Å². The van der Waals surface area contributed by atoms with E-state index >= 15 is 0 Å². The van der Waals surface area contributed by atoms with Crippen molar-refractivity contribution in [2.24, 2.45) is 5.41 Å². The SMILES string of the molecule is OC1(O)C=CC(C(C2=CCC(O)(O)C=C2)(C(F)(F)F)C(F)(F)F)=CC1. The fourth-order valence-corrected chi connectivity index (χ4v) is 2.78. The molecule has 0 saturated heterocycles. The van der Waals surface area contributed by atoms with Crippen molar-refractivity contribution < 1.29 is 46.8 Å². The lowest BCUT2D eigenvalue weighted by molar-refractivity contribution is -0.309. The van der Waals surface area contributed by atoms with Gasteiger partial charge in [0.15, 0.2) is 11.6 Å². The molecule has 2 rings (SSSR count). The van der Waals surface area contributed by atoms with E-state index < -0.39 is 53.3 Å². The minimum atomic E-state index is -5.83. The van der Waals surface area contributed by atoms with Crippen LogP contribution in [0.15, 0.2) is 47.6 Å². The van der Waals surface area contributed by atoms with E-state index in [9.17, 15) is 46.8 Å². The van der Waals surface area contributed by atoms with Gasteiger partial charge in [0, 0.05) is 12.8 Å². The predicted octanol–water partition coefficient (Wildman–Crippen LogP) is 2.23. The second-order valence-corrected chi connectivity index (χ2v) is 5.90. The maximum absolute atomic E-state index is 13.7. The Morgan fingerprint density at radius 1 is 0.680 bits per heavy atom. The van der Waals surface area contributed by atoms with E-state index in [-0.39, 0.29) is 0 Å². The van der Waals surface area contributed by atoms with E-state index in [4.69, 9.17) is 0 Å². The second-order valence-electron chi connectivity index (χ2n) is 5.90. The summed E-state index contributed by atoms with van der Waals surface area (Å²) < 4.78 is 82.2. The van der Waals surface area contributed by atoms with Crippen molar-refractivity contribution in [1.82, 2.24) is 0 Å². The molecule has 2 aliphatic rings. The van der Waals surface area contributed by atoms with Crippen LogP contribution in [0.5, 0.6) is 0 Å². The Labute approximate surface area is 137 Å². The van der Waals surface area contributed by atoms with E-state index in [0.29, 0.717) is 36.5 Å². The molecule has 0 amide bonds. The molecule has 0 spiro atoms. The van der Waals surface area contributed by atoms with Gasteiger partial charge in [-0.25, -0.2) is 0 Å². The Morgan fingerprint density at radius 2 is 1.00 bits per heavy atom. The van der Waals surface area contributed by atoms with Gasteiger partial charge >= 0.3 is 12.4 Å². The Kier molecular flexibility index (Phi) is 4.49. The maximum Gasteiger partial charge on any atom is 0.411 e. The van der Waals surface area contributed by atoms with Gasteiger partial charge in [0.05, 0.1) is 0 Å². The van der Waals surface area contributed by atoms with Gasteiger partial charge in [-0.2, -0.15) is 26.3 Å². The van der Waals surface area contributed by atoms with Crippen LogP contribution in [0.4, 0.5) is 26.3 Å². The molecular formula is C15H14F6O4. The lowest BCUT2D eigenvalue weighted by Crippen LogP contribution is -2.53. The van der Waals surface area contributed by atoms with Gasteiger partial charge in [-0.05, 0) is 23.3 Å². The summed E-state index contributed by atoms with van der Waals surface area (Å²) >= 11 is 0. The molecule has 2 aliphatic carbocycles. The van der Waals surface area contributed by atoms with Crippen LogP contribution in [0.1, 0.15) is 12.8 Å². The van der Waals surface area contributed by atoms with Crippen LogP contribution in [-0.4, -0.2) is 44.4 Å². The summed E-state index contributed by atoms with van der Waals surface area (Å²) in [6.07, 6.45) is -10.9. The average molecular weight is 372 g/mol. The van der Waals surface area contributed by atoms with Gasteiger partial charge in [0.25, 0.3) is 0 Å². The van der Waals surface area contributed by atoms with Gasteiger partial charge in [-0.3, -0.25) is 0 Å². The molecule has 0 aliphatic heterocycles. The smallest absolute Gasteiger partial charge is 0.362 e. The minimum Gasteiger partial charge on any atom is -0.362 e. The summed E-state index contributed by atoms with van der Waals surface area (Å²) in [4.78, 5) is 0. The first-order valence-corrected chi connectivity index (χ1v) is 6.95. The number of hydrogen-bond donors (Lipinski definition) is 4. The largest absolute Gasteiger partial charge is 0.411 e. The lowest BCUT2D eigenvalue weighted by Gasteiger charge is -2.42. The van der Waals surface area contributed by atoms with E-state index in [0.717, 1.165) is 0 Å². The standard InChI is InChI=1S/C15H14F6O4/c16-14(17,18)13(15(19,20)21,9-1-5-11(22,23)6-2-9)10-3-7-12(24,25)8-4-10/h1-5,7,22-25H,6,8H2. The van der Waals surface area contributed by atoms with E-state index in [1.54, 1.807) is 0 Å². The molecule has 0 radical (unpaired) electrons. The van der Waals surface area contributed by atoms with Crippen molar-refractivity contribution >= 4 is 0 Å². The zero-order valence-corrected chi connectivity index (χ0v) is 12.4. The van der Waals surface area contributed by atoms with Gasteiger partial charge in [-0.1, -0.05) is 24.3 Å². The number of hydrogen-bond acceptors (Lipinski definition) is 4. The van der Waals surface area contributed by atoms with Crippen molar-refractivity contribution in [2.75, 3.05) is 0 Å². The molecule has 4 nitrogen and oxygen atoms in total. The molecule has 0 aromatic carbocycles. The quantitative estimate of drug-likeness (QED) is 0.443. The fraction of sp³-hybridized carbons (Fsp3) is 0.467. The molecule has 0 aromatic heterocycles. The minimum absolute atomic E-state index is 0.360. The third kappa shape index (κ3) is 3.39. The number of alkyl halides is 6. The number of aliphatic hydroxyl groups is 4. The third-order valence-corrected chi connectivity index (χ3v) is 4.02. The number of allylic oxidation sites excluding steroid dienone is 4. The molecule has 0 unspecified atom stereocenters. The molecule has 4 N–H and O–H groups in total. The summed E-state index contributed by atoms with van der Waals surface area (Å²) in [7, 11) is 0. The Morgan fingerprint density at radius 3 is 1.20 bits per heavy atom. The van der Waals surface area contributed by atoms with Gasteiger partial charge < -0.3 is 20.4 Å².